The maximum atomic E-state index is 13.5. The smallest absolute Gasteiger partial charge is 0.263 e. The highest BCUT2D eigenvalue weighted by molar-refractivity contribution is 7.92. The summed E-state index contributed by atoms with van der Waals surface area (Å²) in [5.74, 6) is 2.54. The third kappa shape index (κ3) is 6.97. The molecule has 2 aromatic heterocycles. The molecule has 4 rings (SSSR count). The Balaban J connectivity index is 1.63. The summed E-state index contributed by atoms with van der Waals surface area (Å²) < 4.78 is 46.1. The van der Waals surface area contributed by atoms with Crippen molar-refractivity contribution in [2.45, 2.75) is 59.1 Å². The standard InChI is InChI=1S/C29H35N5O5S/c1-6-14-38-28-16-27(31-21(5)32-28)30-17-22-12-13-24(23(15-22)18-37-7-2)25-10-8-9-11-26(25)40(35,36)34-29-19(3)20(4)39-33-29/h8-13,15-16H,6-7,14,17-18H2,1-5H3,(H,33,34)(H,30,31,32). The van der Waals surface area contributed by atoms with Gasteiger partial charge in [-0.15, -0.1) is 0 Å². The molecule has 0 bridgehead atoms. The van der Waals surface area contributed by atoms with Gasteiger partial charge in [0.2, 0.25) is 5.88 Å². The second-order valence-electron chi connectivity index (χ2n) is 9.28. The van der Waals surface area contributed by atoms with Gasteiger partial charge in [0.25, 0.3) is 10.0 Å². The predicted octanol–water partition coefficient (Wildman–Crippen LogP) is 5.80. The monoisotopic (exact) mass is 565 g/mol. The van der Waals surface area contributed by atoms with Crippen molar-refractivity contribution in [2.24, 2.45) is 0 Å². The Morgan fingerprint density at radius 2 is 1.77 bits per heavy atom. The van der Waals surface area contributed by atoms with Crippen LogP contribution in [0.25, 0.3) is 11.1 Å². The number of anilines is 2. The van der Waals surface area contributed by atoms with Gasteiger partial charge < -0.3 is 19.3 Å². The fraction of sp³-hybridized carbons (Fsp3) is 0.345. The van der Waals surface area contributed by atoms with Gasteiger partial charge in [-0.1, -0.05) is 48.5 Å². The molecule has 10 nitrogen and oxygen atoms in total. The molecular weight excluding hydrogens is 530 g/mol. The summed E-state index contributed by atoms with van der Waals surface area (Å²) in [6.07, 6.45) is 0.890. The number of aromatic nitrogens is 3. The maximum absolute atomic E-state index is 13.5. The van der Waals surface area contributed by atoms with Crippen molar-refractivity contribution in [1.82, 2.24) is 15.1 Å². The molecule has 2 N–H and O–H groups in total. The van der Waals surface area contributed by atoms with Crippen molar-refractivity contribution in [2.75, 3.05) is 23.3 Å². The van der Waals surface area contributed by atoms with Crippen molar-refractivity contribution >= 4 is 21.7 Å². The van der Waals surface area contributed by atoms with E-state index in [9.17, 15) is 8.42 Å². The molecule has 0 fully saturated rings. The highest BCUT2D eigenvalue weighted by Crippen LogP contribution is 2.33. The minimum Gasteiger partial charge on any atom is -0.478 e. The van der Waals surface area contributed by atoms with Gasteiger partial charge in [-0.2, -0.15) is 4.98 Å². The molecule has 0 saturated heterocycles. The topological polar surface area (TPSA) is 128 Å². The molecule has 212 valence electrons. The number of nitrogens with zero attached hydrogens (tertiary/aromatic N) is 3. The van der Waals surface area contributed by atoms with E-state index in [1.807, 2.05) is 45.0 Å². The lowest BCUT2D eigenvalue weighted by atomic mass is 9.97. The number of rotatable bonds is 13. The Kier molecular flexibility index (Phi) is 9.38. The Labute approximate surface area is 235 Å². The molecule has 4 aromatic rings. The first-order valence-electron chi connectivity index (χ1n) is 13.2. The van der Waals surface area contributed by atoms with Gasteiger partial charge in [0.1, 0.15) is 17.4 Å². The zero-order valence-electron chi connectivity index (χ0n) is 23.4. The first kappa shape index (κ1) is 29.0. The van der Waals surface area contributed by atoms with Crippen LogP contribution in [0.2, 0.25) is 0 Å². The van der Waals surface area contributed by atoms with Gasteiger partial charge in [-0.25, -0.2) is 13.4 Å². The van der Waals surface area contributed by atoms with Crippen molar-refractivity contribution in [3.05, 3.63) is 76.8 Å². The van der Waals surface area contributed by atoms with E-state index in [0.717, 1.165) is 23.1 Å². The molecule has 0 aliphatic rings. The molecule has 0 amide bonds. The largest absolute Gasteiger partial charge is 0.478 e. The molecule has 2 heterocycles. The molecule has 0 aliphatic carbocycles. The Morgan fingerprint density at radius 3 is 2.50 bits per heavy atom. The summed E-state index contributed by atoms with van der Waals surface area (Å²) in [6, 6.07) is 14.6. The average Bonchev–Trinajstić information content (AvgIpc) is 3.25. The van der Waals surface area contributed by atoms with E-state index in [1.54, 1.807) is 38.1 Å². The Hall–Kier alpha value is -3.96. The molecule has 40 heavy (non-hydrogen) atoms. The second-order valence-corrected chi connectivity index (χ2v) is 10.9. The van der Waals surface area contributed by atoms with Crippen LogP contribution in [0.1, 0.15) is 48.5 Å². The van der Waals surface area contributed by atoms with Crippen LogP contribution in [-0.2, 0) is 27.9 Å². The normalized spacial score (nSPS) is 11.4. The van der Waals surface area contributed by atoms with E-state index in [2.05, 4.69) is 25.2 Å². The predicted molar refractivity (Wildman–Crippen MR) is 154 cm³/mol. The van der Waals surface area contributed by atoms with Gasteiger partial charge in [0.15, 0.2) is 5.82 Å². The zero-order valence-corrected chi connectivity index (χ0v) is 24.3. The molecule has 0 spiro atoms. The Morgan fingerprint density at radius 1 is 0.975 bits per heavy atom. The van der Waals surface area contributed by atoms with Gasteiger partial charge in [-0.05, 0) is 56.9 Å². The van der Waals surface area contributed by atoms with Crippen LogP contribution in [-0.4, -0.2) is 36.8 Å². The number of hydrogen-bond donors (Lipinski definition) is 2. The molecule has 0 radical (unpaired) electrons. The lowest BCUT2D eigenvalue weighted by Gasteiger charge is -2.16. The minimum atomic E-state index is -3.96. The molecule has 0 atom stereocenters. The van der Waals surface area contributed by atoms with Crippen LogP contribution < -0.4 is 14.8 Å². The number of benzene rings is 2. The van der Waals surface area contributed by atoms with Crippen LogP contribution in [0.4, 0.5) is 11.6 Å². The number of ether oxygens (including phenoxy) is 2. The van der Waals surface area contributed by atoms with Crippen molar-refractivity contribution in [1.29, 1.82) is 0 Å². The Bertz CT molecular complexity index is 1570. The van der Waals surface area contributed by atoms with E-state index >= 15 is 0 Å². The summed E-state index contributed by atoms with van der Waals surface area (Å²) >= 11 is 0. The molecule has 11 heteroatoms. The van der Waals surface area contributed by atoms with Gasteiger partial charge >= 0.3 is 0 Å². The number of nitrogens with one attached hydrogen (secondary N) is 2. The van der Waals surface area contributed by atoms with Crippen LogP contribution in [0.5, 0.6) is 5.88 Å². The average molecular weight is 566 g/mol. The zero-order chi connectivity index (χ0) is 28.7. The van der Waals surface area contributed by atoms with Crippen molar-refractivity contribution in [3.63, 3.8) is 0 Å². The van der Waals surface area contributed by atoms with Gasteiger partial charge in [0.05, 0.1) is 18.1 Å². The highest BCUT2D eigenvalue weighted by atomic mass is 32.2. The minimum absolute atomic E-state index is 0.134. The lowest BCUT2D eigenvalue weighted by Crippen LogP contribution is -2.15. The third-order valence-corrected chi connectivity index (χ3v) is 7.63. The summed E-state index contributed by atoms with van der Waals surface area (Å²) in [4.78, 5) is 8.92. The van der Waals surface area contributed by atoms with E-state index in [1.165, 1.54) is 0 Å². The summed E-state index contributed by atoms with van der Waals surface area (Å²) in [6.45, 7) is 11.2. The molecule has 0 saturated carbocycles. The number of hydrogen-bond acceptors (Lipinski definition) is 9. The highest BCUT2D eigenvalue weighted by Gasteiger charge is 2.23. The van der Waals surface area contributed by atoms with Gasteiger partial charge in [-0.3, -0.25) is 4.72 Å². The number of sulfonamides is 1. The molecule has 2 aromatic carbocycles. The van der Waals surface area contributed by atoms with Gasteiger partial charge in [0, 0.05) is 30.3 Å². The van der Waals surface area contributed by atoms with E-state index in [0.29, 0.717) is 60.8 Å². The SMILES string of the molecule is CCCOc1cc(NCc2ccc(-c3ccccc3S(=O)(=O)Nc3noc(C)c3C)c(COCC)c2)nc(C)n1. The quantitative estimate of drug-likeness (QED) is 0.207. The summed E-state index contributed by atoms with van der Waals surface area (Å²) in [7, 11) is -3.96. The number of aryl methyl sites for hydroxylation is 2. The molecular formula is C29H35N5O5S. The third-order valence-electron chi connectivity index (χ3n) is 6.23. The summed E-state index contributed by atoms with van der Waals surface area (Å²) in [5.41, 5.74) is 3.81. The fourth-order valence-corrected chi connectivity index (χ4v) is 5.35. The summed E-state index contributed by atoms with van der Waals surface area (Å²) in [5, 5.41) is 7.20. The fourth-order valence-electron chi connectivity index (χ4n) is 4.07. The first-order chi connectivity index (χ1) is 19.2. The van der Waals surface area contributed by atoms with Crippen LogP contribution in [0, 0.1) is 20.8 Å². The van der Waals surface area contributed by atoms with E-state index < -0.39 is 10.0 Å². The van der Waals surface area contributed by atoms with Crippen molar-refractivity contribution < 1.29 is 22.4 Å². The maximum Gasteiger partial charge on any atom is 0.263 e. The van der Waals surface area contributed by atoms with Crippen LogP contribution >= 0.6 is 0 Å². The first-order valence-corrected chi connectivity index (χ1v) is 14.7. The molecule has 0 aliphatic heterocycles. The van der Waals surface area contributed by atoms with Crippen LogP contribution in [0.15, 0.2) is 57.9 Å². The van der Waals surface area contributed by atoms with Crippen molar-refractivity contribution in [3.8, 4) is 17.0 Å². The second kappa shape index (κ2) is 12.9. The van der Waals surface area contributed by atoms with Crippen LogP contribution in [0.3, 0.4) is 0 Å². The lowest BCUT2D eigenvalue weighted by molar-refractivity contribution is 0.134. The van der Waals surface area contributed by atoms with E-state index in [4.69, 9.17) is 14.0 Å². The van der Waals surface area contributed by atoms with E-state index in [-0.39, 0.29) is 10.7 Å². The molecule has 0 unspecified atom stereocenters.